The number of aryl methyl sites for hydroxylation is 1. The second-order valence-corrected chi connectivity index (χ2v) is 6.85. The van der Waals surface area contributed by atoms with E-state index >= 15 is 0 Å². The highest BCUT2D eigenvalue weighted by Gasteiger charge is 2.14. The molecule has 124 valence electrons. The van der Waals surface area contributed by atoms with Crippen molar-refractivity contribution in [1.82, 2.24) is 4.98 Å². The number of aromatic nitrogens is 1. The fourth-order valence-electron chi connectivity index (χ4n) is 2.85. The molecule has 0 fully saturated rings. The van der Waals surface area contributed by atoms with E-state index in [0.29, 0.717) is 12.8 Å². The SMILES string of the molecule is COC(=O)CCCc1c(-c2ccc(F)cc2)[nH]c2ccc(I)cc12. The molecule has 1 heterocycles. The normalized spacial score (nSPS) is 11.0. The highest BCUT2D eigenvalue weighted by Crippen LogP contribution is 2.32. The van der Waals surface area contributed by atoms with Crippen LogP contribution in [0.5, 0.6) is 0 Å². The van der Waals surface area contributed by atoms with Crippen molar-refractivity contribution >= 4 is 39.5 Å². The van der Waals surface area contributed by atoms with Gasteiger partial charge >= 0.3 is 5.97 Å². The minimum atomic E-state index is -0.253. The molecule has 24 heavy (non-hydrogen) atoms. The largest absolute Gasteiger partial charge is 0.469 e. The number of benzene rings is 2. The minimum absolute atomic E-state index is 0.201. The zero-order valence-electron chi connectivity index (χ0n) is 13.2. The van der Waals surface area contributed by atoms with Crippen molar-refractivity contribution in [2.45, 2.75) is 19.3 Å². The Morgan fingerprint density at radius 1 is 1.21 bits per heavy atom. The second kappa shape index (κ2) is 7.34. The van der Waals surface area contributed by atoms with E-state index in [-0.39, 0.29) is 11.8 Å². The molecule has 0 amide bonds. The first-order chi connectivity index (χ1) is 11.6. The van der Waals surface area contributed by atoms with E-state index in [1.54, 1.807) is 12.1 Å². The Balaban J connectivity index is 2.01. The average molecular weight is 437 g/mol. The number of carbonyl (C=O) groups excluding carboxylic acids is 1. The van der Waals surface area contributed by atoms with Gasteiger partial charge in [-0.2, -0.15) is 0 Å². The Kier molecular flexibility index (Phi) is 5.18. The van der Waals surface area contributed by atoms with Gasteiger partial charge in [0.2, 0.25) is 0 Å². The molecule has 0 aliphatic heterocycles. The fourth-order valence-corrected chi connectivity index (χ4v) is 3.35. The van der Waals surface area contributed by atoms with Gasteiger partial charge in [0, 0.05) is 26.6 Å². The van der Waals surface area contributed by atoms with E-state index in [1.165, 1.54) is 19.2 Å². The van der Waals surface area contributed by atoms with Crippen LogP contribution in [0, 0.1) is 9.39 Å². The number of halogens is 2. The number of ether oxygens (including phenoxy) is 1. The Hall–Kier alpha value is -1.89. The first-order valence-electron chi connectivity index (χ1n) is 7.71. The first kappa shape index (κ1) is 17.0. The molecule has 3 nitrogen and oxygen atoms in total. The summed E-state index contributed by atoms with van der Waals surface area (Å²) in [7, 11) is 1.40. The molecule has 0 atom stereocenters. The summed E-state index contributed by atoms with van der Waals surface area (Å²) < 4.78 is 19.1. The summed E-state index contributed by atoms with van der Waals surface area (Å²) >= 11 is 2.29. The van der Waals surface area contributed by atoms with Gasteiger partial charge in [0.15, 0.2) is 0 Å². The first-order valence-corrected chi connectivity index (χ1v) is 8.79. The quantitative estimate of drug-likeness (QED) is 0.447. The number of fused-ring (bicyclic) bond motifs is 1. The standard InChI is InChI=1S/C19H17FINO2/c1-24-18(23)4-2-3-15-16-11-14(21)9-10-17(16)22-19(15)12-5-7-13(20)8-6-12/h5-11,22H,2-4H2,1H3. The lowest BCUT2D eigenvalue weighted by Crippen LogP contribution is -2.00. The van der Waals surface area contributed by atoms with Gasteiger partial charge in [-0.1, -0.05) is 0 Å². The topological polar surface area (TPSA) is 42.1 Å². The number of nitrogens with one attached hydrogen (secondary N) is 1. The Morgan fingerprint density at radius 2 is 1.96 bits per heavy atom. The van der Waals surface area contributed by atoms with E-state index in [1.807, 2.05) is 12.1 Å². The smallest absolute Gasteiger partial charge is 0.305 e. The van der Waals surface area contributed by atoms with Gasteiger partial charge in [0.25, 0.3) is 0 Å². The lowest BCUT2D eigenvalue weighted by molar-refractivity contribution is -0.140. The van der Waals surface area contributed by atoms with Crippen LogP contribution >= 0.6 is 22.6 Å². The summed E-state index contributed by atoms with van der Waals surface area (Å²) in [5, 5.41) is 1.14. The van der Waals surface area contributed by atoms with E-state index < -0.39 is 0 Å². The Bertz CT molecular complexity index is 871. The van der Waals surface area contributed by atoms with Crippen LogP contribution in [0.3, 0.4) is 0 Å². The third kappa shape index (κ3) is 3.61. The number of esters is 1. The van der Waals surface area contributed by atoms with Crippen LogP contribution in [0.15, 0.2) is 42.5 Å². The van der Waals surface area contributed by atoms with E-state index in [0.717, 1.165) is 37.7 Å². The summed E-state index contributed by atoms with van der Waals surface area (Å²) in [5.74, 6) is -0.454. The third-order valence-corrected chi connectivity index (χ3v) is 4.71. The molecular weight excluding hydrogens is 420 g/mol. The van der Waals surface area contributed by atoms with Crippen molar-refractivity contribution in [1.29, 1.82) is 0 Å². The van der Waals surface area contributed by atoms with Gasteiger partial charge in [0.05, 0.1) is 7.11 Å². The summed E-state index contributed by atoms with van der Waals surface area (Å²) in [5.41, 5.74) is 4.12. The number of carbonyl (C=O) groups is 1. The number of hydrogen-bond acceptors (Lipinski definition) is 2. The predicted octanol–water partition coefficient (Wildman–Crippen LogP) is 5.07. The zero-order valence-corrected chi connectivity index (χ0v) is 15.4. The molecule has 3 rings (SSSR count). The molecule has 3 aromatic rings. The highest BCUT2D eigenvalue weighted by atomic mass is 127. The monoisotopic (exact) mass is 437 g/mol. The summed E-state index contributed by atoms with van der Waals surface area (Å²) in [6, 6.07) is 12.7. The number of H-pyrrole nitrogens is 1. The number of hydrogen-bond donors (Lipinski definition) is 1. The van der Waals surface area contributed by atoms with Crippen LogP contribution in [0.25, 0.3) is 22.2 Å². The molecule has 1 aromatic heterocycles. The van der Waals surface area contributed by atoms with Gasteiger partial charge in [0.1, 0.15) is 5.82 Å². The van der Waals surface area contributed by atoms with Gasteiger partial charge in [-0.05, 0) is 89.0 Å². The lowest BCUT2D eigenvalue weighted by Gasteiger charge is -2.06. The maximum Gasteiger partial charge on any atom is 0.305 e. The Morgan fingerprint density at radius 3 is 2.67 bits per heavy atom. The van der Waals surface area contributed by atoms with Crippen molar-refractivity contribution in [2.24, 2.45) is 0 Å². The maximum atomic E-state index is 13.2. The van der Waals surface area contributed by atoms with Gasteiger partial charge in [-0.25, -0.2) is 4.39 Å². The van der Waals surface area contributed by atoms with Crippen LogP contribution in [0.4, 0.5) is 4.39 Å². The fraction of sp³-hybridized carbons (Fsp3) is 0.211. The van der Waals surface area contributed by atoms with E-state index in [9.17, 15) is 9.18 Å². The van der Waals surface area contributed by atoms with E-state index in [2.05, 4.69) is 33.6 Å². The van der Waals surface area contributed by atoms with Crippen molar-refractivity contribution in [3.8, 4) is 11.3 Å². The van der Waals surface area contributed by atoms with Crippen LogP contribution < -0.4 is 0 Å². The van der Waals surface area contributed by atoms with Crippen LogP contribution in [-0.2, 0) is 16.0 Å². The van der Waals surface area contributed by atoms with Crippen LogP contribution in [-0.4, -0.2) is 18.1 Å². The van der Waals surface area contributed by atoms with Crippen LogP contribution in [0.1, 0.15) is 18.4 Å². The zero-order chi connectivity index (χ0) is 17.1. The highest BCUT2D eigenvalue weighted by molar-refractivity contribution is 14.1. The lowest BCUT2D eigenvalue weighted by atomic mass is 10.0. The second-order valence-electron chi connectivity index (χ2n) is 5.61. The van der Waals surface area contributed by atoms with E-state index in [4.69, 9.17) is 4.74 Å². The predicted molar refractivity (Wildman–Crippen MR) is 101 cm³/mol. The van der Waals surface area contributed by atoms with Crippen molar-refractivity contribution in [3.63, 3.8) is 0 Å². The molecule has 0 radical (unpaired) electrons. The number of aromatic amines is 1. The van der Waals surface area contributed by atoms with Gasteiger partial charge in [-0.3, -0.25) is 4.79 Å². The Labute approximate surface area is 153 Å². The summed E-state index contributed by atoms with van der Waals surface area (Å²) in [6.45, 7) is 0. The molecule has 0 spiro atoms. The number of methoxy groups -OCH3 is 1. The minimum Gasteiger partial charge on any atom is -0.469 e. The van der Waals surface area contributed by atoms with Gasteiger partial charge < -0.3 is 9.72 Å². The van der Waals surface area contributed by atoms with Gasteiger partial charge in [-0.15, -0.1) is 0 Å². The molecule has 0 aliphatic rings. The summed E-state index contributed by atoms with van der Waals surface area (Å²) in [6.07, 6.45) is 1.84. The molecule has 0 bridgehead atoms. The molecule has 2 aromatic carbocycles. The average Bonchev–Trinajstić information content (AvgIpc) is 2.93. The third-order valence-electron chi connectivity index (χ3n) is 4.04. The maximum absolute atomic E-state index is 13.2. The molecule has 0 saturated heterocycles. The summed E-state index contributed by atoms with van der Waals surface area (Å²) in [4.78, 5) is 14.8. The molecule has 1 N–H and O–H groups in total. The van der Waals surface area contributed by atoms with Crippen LogP contribution in [0.2, 0.25) is 0 Å². The van der Waals surface area contributed by atoms with Crippen molar-refractivity contribution in [2.75, 3.05) is 7.11 Å². The number of rotatable bonds is 5. The van der Waals surface area contributed by atoms with Crippen molar-refractivity contribution in [3.05, 3.63) is 57.4 Å². The molecule has 0 aliphatic carbocycles. The molecule has 5 heteroatoms. The van der Waals surface area contributed by atoms with Crippen molar-refractivity contribution < 1.29 is 13.9 Å². The molecular formula is C19H17FINO2. The molecule has 0 saturated carbocycles. The molecule has 0 unspecified atom stereocenters.